The van der Waals surface area contributed by atoms with Crippen LogP contribution in [-0.4, -0.2) is 36.5 Å². The molecule has 33 heavy (non-hydrogen) atoms. The third-order valence-corrected chi connectivity index (χ3v) is 5.41. The molecule has 0 bridgehead atoms. The number of benzene rings is 1. The molecule has 0 unspecified atom stereocenters. The summed E-state index contributed by atoms with van der Waals surface area (Å²) in [5.41, 5.74) is 6.86. The fourth-order valence-corrected chi connectivity index (χ4v) is 3.96. The molecule has 2 N–H and O–H groups in total. The topological polar surface area (TPSA) is 111 Å². The van der Waals surface area contributed by atoms with Crippen molar-refractivity contribution >= 4 is 34.7 Å². The number of carbonyl (C=O) groups excluding carboxylic acids is 1. The number of ketones is 1. The Morgan fingerprint density at radius 3 is 2.61 bits per heavy atom. The molecule has 0 spiro atoms. The minimum atomic E-state index is -0.292. The van der Waals surface area contributed by atoms with E-state index in [1.807, 2.05) is 35.2 Å². The first-order valence-corrected chi connectivity index (χ1v) is 10.9. The molecule has 9 nitrogen and oxygen atoms in total. The van der Waals surface area contributed by atoms with E-state index in [0.29, 0.717) is 34.5 Å². The van der Waals surface area contributed by atoms with Crippen molar-refractivity contribution in [2.75, 3.05) is 17.2 Å². The van der Waals surface area contributed by atoms with Gasteiger partial charge in [-0.2, -0.15) is 10.1 Å². The number of anilines is 2. The minimum absolute atomic E-state index is 0.0600. The maximum absolute atomic E-state index is 13.5. The van der Waals surface area contributed by atoms with Crippen LogP contribution in [0.2, 0.25) is 5.02 Å². The van der Waals surface area contributed by atoms with Gasteiger partial charge in [-0.15, -0.1) is 0 Å². The molecule has 0 fully saturated rings. The molecule has 3 aromatic heterocycles. The highest BCUT2D eigenvalue weighted by Gasteiger charge is 2.23. The standard InChI is InChI=1S/C23H24ClN7O2/c1-14(2)12-29(21-17(15(3)32)11-26-23(25)27-21)13-19-28-30-10-9-18(24)20(30)22(33)31(19)16-7-5-4-6-8-16/h4-11,14H,12-13H2,1-3H3,(H2,25,26,27). The predicted octanol–water partition coefficient (Wildman–Crippen LogP) is 3.38. The first-order valence-electron chi connectivity index (χ1n) is 10.5. The van der Waals surface area contributed by atoms with Crippen LogP contribution < -0.4 is 16.2 Å². The summed E-state index contributed by atoms with van der Waals surface area (Å²) in [5, 5.41) is 5.02. The van der Waals surface area contributed by atoms with Gasteiger partial charge in [-0.05, 0) is 31.0 Å². The molecule has 0 amide bonds. The number of nitrogen functional groups attached to an aromatic ring is 1. The molecule has 0 saturated carbocycles. The Bertz CT molecular complexity index is 1380. The number of halogens is 1. The van der Waals surface area contributed by atoms with Gasteiger partial charge < -0.3 is 10.6 Å². The van der Waals surface area contributed by atoms with Crippen molar-refractivity contribution in [1.29, 1.82) is 0 Å². The van der Waals surface area contributed by atoms with Crippen molar-refractivity contribution in [3.05, 3.63) is 75.6 Å². The van der Waals surface area contributed by atoms with Crippen LogP contribution in [0.25, 0.3) is 11.2 Å². The van der Waals surface area contributed by atoms with Crippen molar-refractivity contribution in [1.82, 2.24) is 24.1 Å². The van der Waals surface area contributed by atoms with E-state index in [2.05, 4.69) is 23.8 Å². The molecule has 10 heteroatoms. The largest absolute Gasteiger partial charge is 0.368 e. The fraction of sp³-hybridized carbons (Fsp3) is 0.261. The average molecular weight is 466 g/mol. The van der Waals surface area contributed by atoms with Crippen LogP contribution in [0.3, 0.4) is 0 Å². The molecule has 0 aliphatic heterocycles. The Hall–Kier alpha value is -3.72. The van der Waals surface area contributed by atoms with Crippen molar-refractivity contribution in [3.63, 3.8) is 0 Å². The number of hydrogen-bond donors (Lipinski definition) is 1. The molecular weight excluding hydrogens is 442 g/mol. The van der Waals surface area contributed by atoms with Gasteiger partial charge in [0.25, 0.3) is 5.56 Å². The molecule has 4 aromatic rings. The van der Waals surface area contributed by atoms with E-state index in [0.717, 1.165) is 0 Å². The molecular formula is C23H24ClN7O2. The van der Waals surface area contributed by atoms with E-state index < -0.39 is 0 Å². The van der Waals surface area contributed by atoms with Gasteiger partial charge in [0.2, 0.25) is 5.95 Å². The maximum atomic E-state index is 13.5. The van der Waals surface area contributed by atoms with Gasteiger partial charge in [0.1, 0.15) is 11.3 Å². The Kier molecular flexibility index (Phi) is 6.15. The highest BCUT2D eigenvalue weighted by atomic mass is 35.5. The van der Waals surface area contributed by atoms with Crippen molar-refractivity contribution in [2.24, 2.45) is 5.92 Å². The quantitative estimate of drug-likeness (QED) is 0.416. The second-order valence-corrected chi connectivity index (χ2v) is 8.55. The number of rotatable bonds is 7. The van der Waals surface area contributed by atoms with Crippen LogP contribution in [0, 0.1) is 5.92 Å². The summed E-state index contributed by atoms with van der Waals surface area (Å²) in [6.45, 7) is 6.31. The van der Waals surface area contributed by atoms with E-state index in [4.69, 9.17) is 22.4 Å². The predicted molar refractivity (Wildman–Crippen MR) is 128 cm³/mol. The molecule has 4 rings (SSSR count). The van der Waals surface area contributed by atoms with Gasteiger partial charge >= 0.3 is 0 Å². The van der Waals surface area contributed by atoms with E-state index >= 15 is 0 Å². The zero-order valence-corrected chi connectivity index (χ0v) is 19.3. The second-order valence-electron chi connectivity index (χ2n) is 8.15. The zero-order valence-electron chi connectivity index (χ0n) is 18.6. The third kappa shape index (κ3) is 4.45. The molecule has 0 saturated heterocycles. The molecule has 170 valence electrons. The van der Waals surface area contributed by atoms with Crippen LogP contribution in [0.1, 0.15) is 37.0 Å². The minimum Gasteiger partial charge on any atom is -0.368 e. The van der Waals surface area contributed by atoms with Crippen molar-refractivity contribution in [3.8, 4) is 5.69 Å². The van der Waals surface area contributed by atoms with Crippen LogP contribution in [-0.2, 0) is 6.54 Å². The fourth-order valence-electron chi connectivity index (χ4n) is 3.73. The summed E-state index contributed by atoms with van der Waals surface area (Å²) >= 11 is 6.28. The Balaban J connectivity index is 1.93. The first kappa shape index (κ1) is 22.5. The number of hydrogen-bond acceptors (Lipinski definition) is 7. The summed E-state index contributed by atoms with van der Waals surface area (Å²) < 4.78 is 3.01. The van der Waals surface area contributed by atoms with E-state index in [-0.39, 0.29) is 35.3 Å². The highest BCUT2D eigenvalue weighted by molar-refractivity contribution is 6.33. The lowest BCUT2D eigenvalue weighted by molar-refractivity contribution is 0.101. The summed E-state index contributed by atoms with van der Waals surface area (Å²) in [7, 11) is 0. The van der Waals surface area contributed by atoms with Crippen molar-refractivity contribution < 1.29 is 4.79 Å². The molecule has 0 aliphatic carbocycles. The number of para-hydroxylation sites is 1. The summed E-state index contributed by atoms with van der Waals surface area (Å²) in [4.78, 5) is 36.1. The Morgan fingerprint density at radius 1 is 1.21 bits per heavy atom. The van der Waals surface area contributed by atoms with Crippen LogP contribution in [0.5, 0.6) is 0 Å². The van der Waals surface area contributed by atoms with Crippen LogP contribution in [0.15, 0.2) is 53.6 Å². The van der Waals surface area contributed by atoms with Crippen molar-refractivity contribution in [2.45, 2.75) is 27.3 Å². The summed E-state index contributed by atoms with van der Waals surface area (Å²) in [6, 6.07) is 10.9. The number of fused-ring (bicyclic) bond motifs is 1. The van der Waals surface area contributed by atoms with Crippen LogP contribution in [0.4, 0.5) is 11.8 Å². The van der Waals surface area contributed by atoms with E-state index in [9.17, 15) is 9.59 Å². The molecule has 3 heterocycles. The maximum Gasteiger partial charge on any atom is 0.284 e. The summed E-state index contributed by atoms with van der Waals surface area (Å²) in [6.07, 6.45) is 3.08. The van der Waals surface area contributed by atoms with Gasteiger partial charge in [-0.3, -0.25) is 14.2 Å². The number of Topliss-reactive ketones (excluding diaryl/α,β-unsaturated/α-hetero) is 1. The molecule has 0 aliphatic rings. The van der Waals surface area contributed by atoms with Crippen LogP contribution >= 0.6 is 11.6 Å². The number of carbonyl (C=O) groups is 1. The Labute approximate surface area is 195 Å². The number of nitrogens with zero attached hydrogens (tertiary/aromatic N) is 6. The van der Waals surface area contributed by atoms with Gasteiger partial charge in [0.05, 0.1) is 22.8 Å². The zero-order chi connectivity index (χ0) is 23.7. The molecule has 1 aromatic carbocycles. The average Bonchev–Trinajstić information content (AvgIpc) is 3.14. The third-order valence-electron chi connectivity index (χ3n) is 5.10. The van der Waals surface area contributed by atoms with E-state index in [1.165, 1.54) is 22.2 Å². The Morgan fingerprint density at radius 2 is 1.94 bits per heavy atom. The highest BCUT2D eigenvalue weighted by Crippen LogP contribution is 2.23. The van der Waals surface area contributed by atoms with E-state index in [1.54, 1.807) is 12.3 Å². The summed E-state index contributed by atoms with van der Waals surface area (Å²) in [5.74, 6) is 0.966. The first-order chi connectivity index (χ1) is 15.8. The lowest BCUT2D eigenvalue weighted by Gasteiger charge is -2.27. The number of nitrogens with two attached hydrogens (primary N) is 1. The molecule has 0 atom stereocenters. The number of aromatic nitrogens is 5. The lowest BCUT2D eigenvalue weighted by Crippen LogP contribution is -2.35. The molecule has 0 radical (unpaired) electrons. The normalized spacial score (nSPS) is 11.3. The monoisotopic (exact) mass is 465 g/mol. The van der Waals surface area contributed by atoms with Gasteiger partial charge in [-0.25, -0.2) is 9.50 Å². The van der Waals surface area contributed by atoms with Gasteiger partial charge in [0.15, 0.2) is 11.6 Å². The van der Waals surface area contributed by atoms with Gasteiger partial charge in [-0.1, -0.05) is 43.6 Å². The van der Waals surface area contributed by atoms with Gasteiger partial charge in [0, 0.05) is 18.9 Å². The smallest absolute Gasteiger partial charge is 0.284 e. The lowest BCUT2D eigenvalue weighted by atomic mass is 10.1. The SMILES string of the molecule is CC(=O)c1cnc(N)nc1N(Cc1nn2ccc(Cl)c2c(=O)n1-c1ccccc1)CC(C)C. The second kappa shape index (κ2) is 9.03.